The van der Waals surface area contributed by atoms with E-state index >= 15 is 0 Å². The highest BCUT2D eigenvalue weighted by molar-refractivity contribution is 5.85. The number of phenols is 1. The molecule has 0 saturated carbocycles. The molecule has 1 rings (SSSR count). The maximum Gasteiger partial charge on any atom is 0.412 e. The molecular weight excluding hydrogens is 256 g/mol. The monoisotopic (exact) mass is 276 g/mol. The van der Waals surface area contributed by atoms with Crippen molar-refractivity contribution >= 4 is 11.8 Å². The van der Waals surface area contributed by atoms with Crippen LogP contribution in [-0.4, -0.2) is 16.8 Å². The second-order valence-electron chi connectivity index (χ2n) is 6.10. The molecule has 5 heteroatoms. The molecule has 0 aliphatic rings. The maximum absolute atomic E-state index is 11.7. The number of anilines is 1. The number of carbonyl (C=O) groups is 1. The molecule has 0 saturated heterocycles. The van der Waals surface area contributed by atoms with Crippen molar-refractivity contribution in [3.05, 3.63) is 23.8 Å². The molecule has 5 nitrogen and oxygen atoms in total. The molecule has 0 fully saturated rings. The third kappa shape index (κ3) is 4.16. The Morgan fingerprint density at radius 1 is 1.30 bits per heavy atom. The van der Waals surface area contributed by atoms with E-state index in [0.29, 0.717) is 11.3 Å². The van der Waals surface area contributed by atoms with E-state index in [1.807, 2.05) is 0 Å². The molecule has 108 valence electrons. The van der Waals surface area contributed by atoms with E-state index in [1.165, 1.54) is 6.07 Å². The minimum absolute atomic E-state index is 0.0197. The number of ether oxygens (including phenoxy) is 1. The van der Waals surface area contributed by atoms with Crippen LogP contribution in [0.1, 0.15) is 40.2 Å². The van der Waals surface area contributed by atoms with Crippen LogP contribution in [0.3, 0.4) is 0 Å². The predicted molar refractivity (Wildman–Crippen MR) is 76.6 cm³/mol. The zero-order chi connectivity index (χ0) is 15.6. The lowest BCUT2D eigenvalue weighted by Crippen LogP contribution is -2.27. The number of nitriles is 1. The number of aromatic hydroxyl groups is 1. The zero-order valence-corrected chi connectivity index (χ0v) is 12.4. The largest absolute Gasteiger partial charge is 0.508 e. The maximum atomic E-state index is 11.7. The standard InChI is InChI=1S/C15H20N2O3/c1-14(2,3)20-13(19)17-10-6-7-12(18)11(8-10)15(4,5)9-16/h6-8,18H,1-5H3,(H,17,19). The number of nitrogens with zero attached hydrogens (tertiary/aromatic N) is 1. The van der Waals surface area contributed by atoms with Crippen molar-refractivity contribution in [3.8, 4) is 11.8 Å². The molecule has 0 aliphatic heterocycles. The fourth-order valence-corrected chi connectivity index (χ4v) is 1.60. The first kappa shape index (κ1) is 15.8. The second kappa shape index (κ2) is 5.41. The van der Waals surface area contributed by atoms with E-state index in [1.54, 1.807) is 46.8 Å². The van der Waals surface area contributed by atoms with Crippen LogP contribution in [0.4, 0.5) is 10.5 Å². The van der Waals surface area contributed by atoms with E-state index in [-0.39, 0.29) is 5.75 Å². The van der Waals surface area contributed by atoms with Crippen LogP contribution < -0.4 is 5.32 Å². The van der Waals surface area contributed by atoms with Crippen LogP contribution in [0, 0.1) is 11.3 Å². The average Bonchev–Trinajstić information content (AvgIpc) is 2.29. The summed E-state index contributed by atoms with van der Waals surface area (Å²) in [7, 11) is 0. The van der Waals surface area contributed by atoms with Crippen molar-refractivity contribution in [2.75, 3.05) is 5.32 Å². The number of hydrogen-bond acceptors (Lipinski definition) is 4. The Balaban J connectivity index is 2.98. The highest BCUT2D eigenvalue weighted by Gasteiger charge is 2.24. The first-order valence-corrected chi connectivity index (χ1v) is 6.30. The molecule has 0 unspecified atom stereocenters. The summed E-state index contributed by atoms with van der Waals surface area (Å²) in [4.78, 5) is 11.7. The van der Waals surface area contributed by atoms with E-state index in [2.05, 4.69) is 11.4 Å². The van der Waals surface area contributed by atoms with Crippen molar-refractivity contribution in [1.29, 1.82) is 5.26 Å². The van der Waals surface area contributed by atoms with Gasteiger partial charge in [0.1, 0.15) is 11.4 Å². The average molecular weight is 276 g/mol. The Morgan fingerprint density at radius 2 is 1.90 bits per heavy atom. The Hall–Kier alpha value is -2.22. The molecule has 1 aromatic carbocycles. The number of benzene rings is 1. The number of amides is 1. The lowest BCUT2D eigenvalue weighted by Gasteiger charge is -2.21. The summed E-state index contributed by atoms with van der Waals surface area (Å²) in [5.41, 5.74) is -0.519. The van der Waals surface area contributed by atoms with Gasteiger partial charge >= 0.3 is 6.09 Å². The minimum atomic E-state index is -0.851. The highest BCUT2D eigenvalue weighted by atomic mass is 16.6. The Bertz CT molecular complexity index is 551. The fourth-order valence-electron chi connectivity index (χ4n) is 1.60. The molecule has 0 aromatic heterocycles. The van der Waals surface area contributed by atoms with E-state index in [4.69, 9.17) is 10.00 Å². The smallest absolute Gasteiger partial charge is 0.412 e. The van der Waals surface area contributed by atoms with Gasteiger partial charge in [0.05, 0.1) is 11.5 Å². The summed E-state index contributed by atoms with van der Waals surface area (Å²) in [6.45, 7) is 8.70. The Kier molecular flexibility index (Phi) is 4.29. The van der Waals surface area contributed by atoms with Gasteiger partial charge in [0, 0.05) is 11.3 Å². The highest BCUT2D eigenvalue weighted by Crippen LogP contribution is 2.32. The minimum Gasteiger partial charge on any atom is -0.508 e. The van der Waals surface area contributed by atoms with Crippen LogP contribution in [0.2, 0.25) is 0 Å². The molecule has 0 aliphatic carbocycles. The van der Waals surface area contributed by atoms with Crippen molar-refractivity contribution < 1.29 is 14.6 Å². The third-order valence-corrected chi connectivity index (χ3v) is 2.59. The summed E-state index contributed by atoms with van der Waals surface area (Å²) in [6, 6.07) is 6.68. The second-order valence-corrected chi connectivity index (χ2v) is 6.10. The van der Waals surface area contributed by atoms with E-state index < -0.39 is 17.1 Å². The zero-order valence-electron chi connectivity index (χ0n) is 12.4. The van der Waals surface area contributed by atoms with Gasteiger partial charge in [-0.3, -0.25) is 5.32 Å². The molecule has 20 heavy (non-hydrogen) atoms. The van der Waals surface area contributed by atoms with Gasteiger partial charge in [0.2, 0.25) is 0 Å². The summed E-state index contributed by atoms with van der Waals surface area (Å²) in [6.07, 6.45) is -0.580. The summed E-state index contributed by atoms with van der Waals surface area (Å²) < 4.78 is 5.15. The van der Waals surface area contributed by atoms with Crippen LogP contribution in [0.25, 0.3) is 0 Å². The first-order chi connectivity index (χ1) is 9.05. The number of rotatable bonds is 2. The van der Waals surface area contributed by atoms with Crippen molar-refractivity contribution in [2.24, 2.45) is 0 Å². The fraction of sp³-hybridized carbons (Fsp3) is 0.467. The number of nitrogens with one attached hydrogen (secondary N) is 1. The van der Waals surface area contributed by atoms with Gasteiger partial charge in [0.25, 0.3) is 0 Å². The molecule has 2 N–H and O–H groups in total. The summed E-state index contributed by atoms with van der Waals surface area (Å²) in [5, 5.41) is 21.5. The van der Waals surface area contributed by atoms with Gasteiger partial charge in [0.15, 0.2) is 0 Å². The van der Waals surface area contributed by atoms with Gasteiger partial charge in [-0.25, -0.2) is 4.79 Å². The van der Waals surface area contributed by atoms with Crippen LogP contribution >= 0.6 is 0 Å². The molecule has 1 amide bonds. The molecule has 1 aromatic rings. The van der Waals surface area contributed by atoms with Gasteiger partial charge < -0.3 is 9.84 Å². The summed E-state index contributed by atoms with van der Waals surface area (Å²) >= 11 is 0. The molecule has 0 radical (unpaired) electrons. The number of carbonyl (C=O) groups excluding carboxylic acids is 1. The number of hydrogen-bond donors (Lipinski definition) is 2. The Morgan fingerprint density at radius 3 is 2.40 bits per heavy atom. The van der Waals surface area contributed by atoms with Crippen molar-refractivity contribution in [2.45, 2.75) is 45.6 Å². The van der Waals surface area contributed by atoms with Gasteiger partial charge in [-0.1, -0.05) is 0 Å². The molecule has 0 heterocycles. The normalized spacial score (nSPS) is 11.6. The lowest BCUT2D eigenvalue weighted by atomic mass is 9.85. The van der Waals surface area contributed by atoms with Crippen LogP contribution in [-0.2, 0) is 10.2 Å². The van der Waals surface area contributed by atoms with Gasteiger partial charge in [-0.15, -0.1) is 0 Å². The molecule has 0 spiro atoms. The summed E-state index contributed by atoms with van der Waals surface area (Å²) in [5.74, 6) is 0.0197. The quantitative estimate of drug-likeness (QED) is 0.809. The predicted octanol–water partition coefficient (Wildman–Crippen LogP) is 3.54. The molecular formula is C15H20N2O3. The molecule has 0 atom stereocenters. The molecule has 0 bridgehead atoms. The van der Waals surface area contributed by atoms with Crippen molar-refractivity contribution in [3.63, 3.8) is 0 Å². The first-order valence-electron chi connectivity index (χ1n) is 6.30. The Labute approximate surface area is 119 Å². The lowest BCUT2D eigenvalue weighted by molar-refractivity contribution is 0.0636. The van der Waals surface area contributed by atoms with Crippen LogP contribution in [0.5, 0.6) is 5.75 Å². The third-order valence-electron chi connectivity index (χ3n) is 2.59. The van der Waals surface area contributed by atoms with Crippen LogP contribution in [0.15, 0.2) is 18.2 Å². The topological polar surface area (TPSA) is 82.3 Å². The van der Waals surface area contributed by atoms with Gasteiger partial charge in [-0.2, -0.15) is 5.26 Å². The number of phenolic OH excluding ortho intramolecular Hbond substituents is 1. The van der Waals surface area contributed by atoms with Gasteiger partial charge in [-0.05, 0) is 52.8 Å². The van der Waals surface area contributed by atoms with Crippen molar-refractivity contribution in [1.82, 2.24) is 0 Å². The van der Waals surface area contributed by atoms with E-state index in [9.17, 15) is 9.90 Å². The van der Waals surface area contributed by atoms with E-state index in [0.717, 1.165) is 0 Å². The SMILES string of the molecule is CC(C)(C)OC(=O)Nc1ccc(O)c(C(C)(C)C#N)c1.